The summed E-state index contributed by atoms with van der Waals surface area (Å²) in [7, 11) is 1.68. The molecule has 0 aromatic carbocycles. The Bertz CT molecular complexity index is 484. The number of pyridine rings is 1. The summed E-state index contributed by atoms with van der Waals surface area (Å²) in [5.41, 5.74) is 0.870. The maximum atomic E-state index is 11.7. The third kappa shape index (κ3) is 5.99. The van der Waals surface area contributed by atoms with Gasteiger partial charge in [-0.05, 0) is 19.1 Å². The van der Waals surface area contributed by atoms with Gasteiger partial charge in [-0.25, -0.2) is 4.98 Å². The van der Waals surface area contributed by atoms with Gasteiger partial charge in [0, 0.05) is 32.3 Å². The van der Waals surface area contributed by atoms with Gasteiger partial charge in [-0.15, -0.1) is 6.58 Å². The van der Waals surface area contributed by atoms with Gasteiger partial charge in [0.2, 0.25) is 5.91 Å². The van der Waals surface area contributed by atoms with Gasteiger partial charge in [0.05, 0.1) is 0 Å². The van der Waals surface area contributed by atoms with E-state index in [1.165, 1.54) is 0 Å². The predicted molar refractivity (Wildman–Crippen MR) is 81.8 cm³/mol. The van der Waals surface area contributed by atoms with Crippen molar-refractivity contribution in [2.24, 2.45) is 4.99 Å². The second kappa shape index (κ2) is 8.68. The third-order valence-corrected chi connectivity index (χ3v) is 2.44. The Balaban J connectivity index is 2.31. The Kier molecular flexibility index (Phi) is 6.81. The van der Waals surface area contributed by atoms with Crippen molar-refractivity contribution in [3.05, 3.63) is 36.5 Å². The highest BCUT2D eigenvalue weighted by molar-refractivity contribution is 5.90. The molecule has 3 N–H and O–H groups in total. The molecule has 1 aromatic rings. The molecule has 0 unspecified atom stereocenters. The van der Waals surface area contributed by atoms with Crippen molar-refractivity contribution in [2.45, 2.75) is 13.3 Å². The highest BCUT2D eigenvalue weighted by atomic mass is 16.1. The Labute approximate surface area is 119 Å². The molecule has 0 bridgehead atoms. The first kappa shape index (κ1) is 15.7. The monoisotopic (exact) mass is 275 g/mol. The van der Waals surface area contributed by atoms with E-state index in [1.807, 2.05) is 19.1 Å². The van der Waals surface area contributed by atoms with E-state index in [4.69, 9.17) is 0 Å². The molecule has 6 heteroatoms. The summed E-state index contributed by atoms with van der Waals surface area (Å²) in [5.74, 6) is 1.13. The maximum absolute atomic E-state index is 11.7. The molecular formula is C14H21N5O. The average molecular weight is 275 g/mol. The lowest BCUT2D eigenvalue weighted by Gasteiger charge is -2.10. The van der Waals surface area contributed by atoms with Gasteiger partial charge in [0.25, 0.3) is 0 Å². The van der Waals surface area contributed by atoms with Crippen LogP contribution >= 0.6 is 0 Å². The van der Waals surface area contributed by atoms with Crippen LogP contribution in [0.4, 0.5) is 5.82 Å². The molecule has 0 radical (unpaired) electrons. The number of guanidine groups is 1. The molecule has 0 aliphatic carbocycles. The normalized spacial score (nSPS) is 10.8. The van der Waals surface area contributed by atoms with Crippen LogP contribution in [0.1, 0.15) is 12.1 Å². The molecule has 0 spiro atoms. The molecule has 0 aliphatic heterocycles. The number of carbonyl (C=O) groups excluding carboxylic acids is 1. The highest BCUT2D eigenvalue weighted by Gasteiger charge is 2.04. The first-order valence-electron chi connectivity index (χ1n) is 6.44. The SMILES string of the molecule is C=CCNC(=NC)NCCC(=O)Nc1cccc(C)n1. The van der Waals surface area contributed by atoms with Gasteiger partial charge < -0.3 is 16.0 Å². The van der Waals surface area contributed by atoms with Crippen LogP contribution < -0.4 is 16.0 Å². The quantitative estimate of drug-likeness (QED) is 0.412. The van der Waals surface area contributed by atoms with Crippen molar-refractivity contribution in [1.82, 2.24) is 15.6 Å². The number of aliphatic imine (C=N–C) groups is 1. The van der Waals surface area contributed by atoms with E-state index in [2.05, 4.69) is 32.5 Å². The first-order chi connectivity index (χ1) is 9.65. The van der Waals surface area contributed by atoms with Crippen molar-refractivity contribution in [1.29, 1.82) is 0 Å². The smallest absolute Gasteiger partial charge is 0.227 e. The fourth-order valence-corrected chi connectivity index (χ4v) is 1.50. The summed E-state index contributed by atoms with van der Waals surface area (Å²) in [5, 5.41) is 8.82. The van der Waals surface area contributed by atoms with Crippen LogP contribution in [0.25, 0.3) is 0 Å². The van der Waals surface area contributed by atoms with Crippen molar-refractivity contribution < 1.29 is 4.79 Å². The summed E-state index contributed by atoms with van der Waals surface area (Å²) < 4.78 is 0. The van der Waals surface area contributed by atoms with Crippen LogP contribution in [0.5, 0.6) is 0 Å². The summed E-state index contributed by atoms with van der Waals surface area (Å²) in [6.07, 6.45) is 2.08. The van der Waals surface area contributed by atoms with E-state index < -0.39 is 0 Å². The van der Waals surface area contributed by atoms with Gasteiger partial charge in [0.1, 0.15) is 5.82 Å². The van der Waals surface area contributed by atoms with Gasteiger partial charge in [0.15, 0.2) is 5.96 Å². The number of aromatic nitrogens is 1. The Morgan fingerprint density at radius 3 is 2.90 bits per heavy atom. The fraction of sp³-hybridized carbons (Fsp3) is 0.357. The molecule has 0 aliphatic rings. The molecule has 0 saturated carbocycles. The number of carbonyl (C=O) groups is 1. The lowest BCUT2D eigenvalue weighted by Crippen LogP contribution is -2.38. The second-order valence-corrected chi connectivity index (χ2v) is 4.13. The Morgan fingerprint density at radius 2 is 2.25 bits per heavy atom. The topological polar surface area (TPSA) is 78.4 Å². The number of hydrogen-bond acceptors (Lipinski definition) is 3. The van der Waals surface area contributed by atoms with Gasteiger partial charge in [-0.1, -0.05) is 12.1 Å². The van der Waals surface area contributed by atoms with E-state index >= 15 is 0 Å². The third-order valence-electron chi connectivity index (χ3n) is 2.44. The minimum absolute atomic E-state index is 0.0882. The van der Waals surface area contributed by atoms with Crippen molar-refractivity contribution >= 4 is 17.7 Å². The molecule has 0 fully saturated rings. The molecular weight excluding hydrogens is 254 g/mol. The number of hydrogen-bond donors (Lipinski definition) is 3. The average Bonchev–Trinajstić information content (AvgIpc) is 2.42. The largest absolute Gasteiger partial charge is 0.356 e. The first-order valence-corrected chi connectivity index (χ1v) is 6.44. The second-order valence-electron chi connectivity index (χ2n) is 4.13. The zero-order chi connectivity index (χ0) is 14.8. The van der Waals surface area contributed by atoms with E-state index in [1.54, 1.807) is 19.2 Å². The Hall–Kier alpha value is -2.37. The summed E-state index contributed by atoms with van der Waals surface area (Å²) in [4.78, 5) is 20.0. The minimum Gasteiger partial charge on any atom is -0.356 e. The van der Waals surface area contributed by atoms with Gasteiger partial charge >= 0.3 is 0 Å². The van der Waals surface area contributed by atoms with Crippen LogP contribution in [-0.4, -0.2) is 37.0 Å². The van der Waals surface area contributed by atoms with Gasteiger partial charge in [-0.2, -0.15) is 0 Å². The lowest BCUT2D eigenvalue weighted by atomic mass is 10.3. The molecule has 20 heavy (non-hydrogen) atoms. The molecule has 6 nitrogen and oxygen atoms in total. The maximum Gasteiger partial charge on any atom is 0.227 e. The molecule has 0 saturated heterocycles. The van der Waals surface area contributed by atoms with Crippen LogP contribution in [0.15, 0.2) is 35.8 Å². The summed E-state index contributed by atoms with van der Waals surface area (Å²) in [6.45, 7) is 6.61. The highest BCUT2D eigenvalue weighted by Crippen LogP contribution is 2.03. The summed E-state index contributed by atoms with van der Waals surface area (Å²) in [6, 6.07) is 5.51. The number of aryl methyl sites for hydroxylation is 1. The van der Waals surface area contributed by atoms with E-state index in [-0.39, 0.29) is 5.91 Å². The molecule has 108 valence electrons. The van der Waals surface area contributed by atoms with E-state index in [0.29, 0.717) is 31.3 Å². The molecule has 1 heterocycles. The van der Waals surface area contributed by atoms with E-state index in [0.717, 1.165) is 5.69 Å². The summed E-state index contributed by atoms with van der Waals surface area (Å²) >= 11 is 0. The number of amides is 1. The van der Waals surface area contributed by atoms with E-state index in [9.17, 15) is 4.79 Å². The number of anilines is 1. The molecule has 1 amide bonds. The van der Waals surface area contributed by atoms with Crippen LogP contribution in [0.3, 0.4) is 0 Å². The van der Waals surface area contributed by atoms with Crippen LogP contribution in [-0.2, 0) is 4.79 Å². The predicted octanol–water partition coefficient (Wildman–Crippen LogP) is 1.07. The van der Waals surface area contributed by atoms with Gasteiger partial charge in [-0.3, -0.25) is 9.79 Å². The lowest BCUT2D eigenvalue weighted by molar-refractivity contribution is -0.116. The van der Waals surface area contributed by atoms with Crippen LogP contribution in [0, 0.1) is 6.92 Å². The fourth-order valence-electron chi connectivity index (χ4n) is 1.50. The molecule has 0 atom stereocenters. The number of nitrogens with one attached hydrogen (secondary N) is 3. The minimum atomic E-state index is -0.0882. The number of rotatable bonds is 6. The zero-order valence-corrected chi connectivity index (χ0v) is 11.9. The number of nitrogens with zero attached hydrogens (tertiary/aromatic N) is 2. The van der Waals surface area contributed by atoms with Crippen molar-refractivity contribution in [3.8, 4) is 0 Å². The van der Waals surface area contributed by atoms with Crippen LogP contribution in [0.2, 0.25) is 0 Å². The van der Waals surface area contributed by atoms with Crippen molar-refractivity contribution in [3.63, 3.8) is 0 Å². The molecule has 1 aromatic heterocycles. The molecule has 1 rings (SSSR count). The standard InChI is InChI=1S/C14H21N5O/c1-4-9-16-14(15-3)17-10-8-13(20)19-12-7-5-6-11(2)18-12/h4-7H,1,8-10H2,2-3H3,(H2,15,16,17)(H,18,19,20). The Morgan fingerprint density at radius 1 is 1.45 bits per heavy atom. The zero-order valence-electron chi connectivity index (χ0n) is 11.9. The van der Waals surface area contributed by atoms with Crippen molar-refractivity contribution in [2.75, 3.05) is 25.5 Å².